The molecule has 0 aliphatic rings. The van der Waals surface area contributed by atoms with Crippen LogP contribution in [0.25, 0.3) is 0 Å². The van der Waals surface area contributed by atoms with Gasteiger partial charge in [-0.15, -0.1) is 10.2 Å². The van der Waals surface area contributed by atoms with Crippen LogP contribution in [0.4, 0.5) is 11.4 Å². The zero-order valence-electron chi connectivity index (χ0n) is 20.5. The van der Waals surface area contributed by atoms with Crippen LogP contribution in [0.1, 0.15) is 46.0 Å². The van der Waals surface area contributed by atoms with Gasteiger partial charge >= 0.3 is 0 Å². The average molecular weight is 483 g/mol. The number of rotatable bonds is 10. The molecule has 3 N–H and O–H groups in total. The van der Waals surface area contributed by atoms with E-state index in [-0.39, 0.29) is 23.7 Å². The van der Waals surface area contributed by atoms with Crippen molar-refractivity contribution in [2.24, 2.45) is 0 Å². The van der Waals surface area contributed by atoms with Crippen LogP contribution in [-0.2, 0) is 16.8 Å². The molecule has 1 amide bonds. The van der Waals surface area contributed by atoms with E-state index in [1.54, 1.807) is 0 Å². The fourth-order valence-electron chi connectivity index (χ4n) is 3.37. The van der Waals surface area contributed by atoms with Crippen LogP contribution in [-0.4, -0.2) is 39.6 Å². The van der Waals surface area contributed by atoms with Crippen molar-refractivity contribution in [2.45, 2.75) is 51.8 Å². The third-order valence-corrected chi connectivity index (χ3v) is 6.38. The fraction of sp³-hybridized carbons (Fsp3) is 0.400. The van der Waals surface area contributed by atoms with Gasteiger partial charge in [-0.05, 0) is 61.2 Å². The van der Waals surface area contributed by atoms with Crippen molar-refractivity contribution < 1.29 is 9.53 Å². The second-order valence-electron chi connectivity index (χ2n) is 8.89. The van der Waals surface area contributed by atoms with E-state index in [9.17, 15) is 4.79 Å². The lowest BCUT2D eigenvalue weighted by Gasteiger charge is -2.21. The first-order valence-corrected chi connectivity index (χ1v) is 12.4. The first-order valence-electron chi connectivity index (χ1n) is 11.4. The highest BCUT2D eigenvalue weighted by Crippen LogP contribution is 2.25. The highest BCUT2D eigenvalue weighted by atomic mass is 32.2. The van der Waals surface area contributed by atoms with Gasteiger partial charge < -0.3 is 20.8 Å². The molecule has 8 nitrogen and oxygen atoms in total. The second-order valence-corrected chi connectivity index (χ2v) is 9.83. The van der Waals surface area contributed by atoms with Crippen molar-refractivity contribution in [2.75, 3.05) is 34.9 Å². The van der Waals surface area contributed by atoms with E-state index in [0.717, 1.165) is 30.2 Å². The van der Waals surface area contributed by atoms with Crippen molar-refractivity contribution >= 4 is 29.0 Å². The Labute approximate surface area is 205 Å². The van der Waals surface area contributed by atoms with Gasteiger partial charge in [-0.25, -0.2) is 4.68 Å². The Bertz CT molecular complexity index is 1070. The number of amides is 1. The molecule has 34 heavy (non-hydrogen) atoms. The third-order valence-electron chi connectivity index (χ3n) is 5.44. The van der Waals surface area contributed by atoms with Gasteiger partial charge in [0, 0.05) is 24.5 Å². The Kier molecular flexibility index (Phi) is 8.44. The minimum Gasteiger partial charge on any atom is -0.486 e. The first kappa shape index (κ1) is 25.4. The molecule has 0 atom stereocenters. The van der Waals surface area contributed by atoms with Crippen molar-refractivity contribution in [3.8, 4) is 5.75 Å². The number of carbonyl (C=O) groups excluding carboxylic acids is 1. The highest BCUT2D eigenvalue weighted by Gasteiger charge is 2.15. The van der Waals surface area contributed by atoms with Crippen LogP contribution in [0.2, 0.25) is 0 Å². The van der Waals surface area contributed by atoms with Crippen molar-refractivity contribution in [3.63, 3.8) is 0 Å². The molecule has 1 heterocycles. The van der Waals surface area contributed by atoms with Gasteiger partial charge in [-0.3, -0.25) is 4.79 Å². The molecular formula is C25H34N6O2S. The predicted octanol–water partition coefficient (Wildman–Crippen LogP) is 4.45. The van der Waals surface area contributed by atoms with Crippen LogP contribution in [0.5, 0.6) is 5.75 Å². The molecular weight excluding hydrogens is 448 g/mol. The maximum atomic E-state index is 12.4. The molecule has 0 aliphatic carbocycles. The minimum absolute atomic E-state index is 0.0865. The number of nitrogens with one attached hydrogen (secondary N) is 1. The smallest absolute Gasteiger partial charge is 0.234 e. The van der Waals surface area contributed by atoms with Gasteiger partial charge in [0.2, 0.25) is 11.1 Å². The number of hydrogen-bond acceptors (Lipinski definition) is 7. The van der Waals surface area contributed by atoms with Gasteiger partial charge in [0.05, 0.1) is 5.75 Å². The summed E-state index contributed by atoms with van der Waals surface area (Å²) in [6, 6.07) is 15.8. The molecule has 0 saturated carbocycles. The molecule has 0 saturated heterocycles. The Balaban J connectivity index is 1.49. The second kappa shape index (κ2) is 11.3. The van der Waals surface area contributed by atoms with E-state index in [1.807, 2.05) is 36.4 Å². The Hall–Kier alpha value is -3.20. The molecule has 2 aromatic carbocycles. The van der Waals surface area contributed by atoms with Crippen LogP contribution in [0, 0.1) is 0 Å². The Morgan fingerprint density at radius 1 is 1.06 bits per heavy atom. The standard InChI is InChI=1S/C25H34N6O2S/c1-6-30(7-2)20-12-10-19(11-13-20)27-23(32)17-34-24-29-28-22(31(24)26)16-33-21-14-8-18(9-15-21)25(3,4)5/h8-15H,6-7,16-17,26H2,1-5H3,(H,27,32). The number of aromatic nitrogens is 3. The Morgan fingerprint density at radius 2 is 1.71 bits per heavy atom. The summed E-state index contributed by atoms with van der Waals surface area (Å²) in [5.41, 5.74) is 3.21. The molecule has 0 spiro atoms. The van der Waals surface area contributed by atoms with E-state index in [4.69, 9.17) is 10.6 Å². The van der Waals surface area contributed by atoms with E-state index in [0.29, 0.717) is 11.0 Å². The van der Waals surface area contributed by atoms with Gasteiger partial charge in [-0.1, -0.05) is 44.7 Å². The van der Waals surface area contributed by atoms with Crippen molar-refractivity contribution in [3.05, 3.63) is 59.9 Å². The molecule has 0 aliphatic heterocycles. The lowest BCUT2D eigenvalue weighted by atomic mass is 9.87. The fourth-order valence-corrected chi connectivity index (χ4v) is 4.05. The summed E-state index contributed by atoms with van der Waals surface area (Å²) in [4.78, 5) is 14.6. The van der Waals surface area contributed by atoms with E-state index in [2.05, 4.69) is 67.2 Å². The zero-order chi connectivity index (χ0) is 24.7. The molecule has 1 aromatic heterocycles. The predicted molar refractivity (Wildman–Crippen MR) is 139 cm³/mol. The van der Waals surface area contributed by atoms with Crippen molar-refractivity contribution in [1.82, 2.24) is 14.9 Å². The molecule has 0 unspecified atom stereocenters. The number of carbonyl (C=O) groups is 1. The summed E-state index contributed by atoms with van der Waals surface area (Å²) >= 11 is 1.23. The highest BCUT2D eigenvalue weighted by molar-refractivity contribution is 7.99. The van der Waals surface area contributed by atoms with Gasteiger partial charge in [0.1, 0.15) is 12.4 Å². The summed E-state index contributed by atoms with van der Waals surface area (Å²) < 4.78 is 7.17. The van der Waals surface area contributed by atoms with Crippen LogP contribution < -0.4 is 20.8 Å². The molecule has 3 aromatic rings. The number of hydrogen-bond donors (Lipinski definition) is 2. The third kappa shape index (κ3) is 6.66. The normalized spacial score (nSPS) is 11.3. The number of anilines is 2. The van der Waals surface area contributed by atoms with Crippen molar-refractivity contribution in [1.29, 1.82) is 0 Å². The zero-order valence-corrected chi connectivity index (χ0v) is 21.4. The molecule has 0 fully saturated rings. The number of ether oxygens (including phenoxy) is 1. The quantitative estimate of drug-likeness (QED) is 0.325. The molecule has 182 valence electrons. The maximum absolute atomic E-state index is 12.4. The molecule has 0 bridgehead atoms. The van der Waals surface area contributed by atoms with Gasteiger partial charge in [0.15, 0.2) is 5.82 Å². The number of thioether (sulfide) groups is 1. The van der Waals surface area contributed by atoms with Crippen LogP contribution >= 0.6 is 11.8 Å². The van der Waals surface area contributed by atoms with E-state index >= 15 is 0 Å². The van der Waals surface area contributed by atoms with Crippen LogP contribution in [0.15, 0.2) is 53.7 Å². The number of nitrogen functional groups attached to an aromatic ring is 1. The lowest BCUT2D eigenvalue weighted by molar-refractivity contribution is -0.113. The average Bonchev–Trinajstić information content (AvgIpc) is 3.17. The van der Waals surface area contributed by atoms with Gasteiger partial charge in [0.25, 0.3) is 0 Å². The summed E-state index contributed by atoms with van der Waals surface area (Å²) in [5, 5.41) is 11.5. The minimum atomic E-state index is -0.139. The summed E-state index contributed by atoms with van der Waals surface area (Å²) in [5.74, 6) is 7.36. The van der Waals surface area contributed by atoms with Crippen LogP contribution in [0.3, 0.4) is 0 Å². The largest absolute Gasteiger partial charge is 0.486 e. The SMILES string of the molecule is CCN(CC)c1ccc(NC(=O)CSc2nnc(COc3ccc(C(C)(C)C)cc3)n2N)cc1. The Morgan fingerprint density at radius 3 is 2.29 bits per heavy atom. The lowest BCUT2D eigenvalue weighted by Crippen LogP contribution is -2.21. The summed E-state index contributed by atoms with van der Waals surface area (Å²) in [7, 11) is 0. The first-order chi connectivity index (χ1) is 16.2. The number of nitrogens with zero attached hydrogens (tertiary/aromatic N) is 4. The van der Waals surface area contributed by atoms with E-state index < -0.39 is 0 Å². The molecule has 0 radical (unpaired) electrons. The van der Waals surface area contributed by atoms with Gasteiger partial charge in [-0.2, -0.15) is 0 Å². The number of nitrogens with two attached hydrogens (primary N) is 1. The molecule has 9 heteroatoms. The topological polar surface area (TPSA) is 98.3 Å². The van der Waals surface area contributed by atoms with E-state index in [1.165, 1.54) is 22.0 Å². The summed E-state index contributed by atoms with van der Waals surface area (Å²) in [6.45, 7) is 12.8. The monoisotopic (exact) mass is 482 g/mol. The number of benzene rings is 2. The maximum Gasteiger partial charge on any atom is 0.234 e. The summed E-state index contributed by atoms with van der Waals surface area (Å²) in [6.07, 6.45) is 0. The molecule has 3 rings (SSSR count).